The molecule has 1 aliphatic heterocycles. The fourth-order valence-electron chi connectivity index (χ4n) is 3.36. The van der Waals surface area contributed by atoms with E-state index in [4.69, 9.17) is 0 Å². The van der Waals surface area contributed by atoms with Crippen molar-refractivity contribution in [3.05, 3.63) is 34.9 Å². The van der Waals surface area contributed by atoms with Gasteiger partial charge in [-0.15, -0.1) is 0 Å². The van der Waals surface area contributed by atoms with Gasteiger partial charge in [-0.2, -0.15) is 0 Å². The molecule has 1 aromatic carbocycles. The zero-order chi connectivity index (χ0) is 15.0. The Kier molecular flexibility index (Phi) is 3.69. The molecule has 1 amide bonds. The molecule has 0 aromatic heterocycles. The highest BCUT2D eigenvalue weighted by Crippen LogP contribution is 2.38. The smallest absolute Gasteiger partial charge is 0.254 e. The molecule has 3 nitrogen and oxygen atoms in total. The van der Waals surface area contributed by atoms with Gasteiger partial charge in [0.2, 0.25) is 0 Å². The van der Waals surface area contributed by atoms with Gasteiger partial charge in [-0.05, 0) is 57.2 Å². The number of aryl methyl sites for hydroxylation is 1. The quantitative estimate of drug-likeness (QED) is 0.880. The van der Waals surface area contributed by atoms with Gasteiger partial charge in [0.05, 0.1) is 5.56 Å². The third-order valence-electron chi connectivity index (χ3n) is 4.77. The van der Waals surface area contributed by atoms with Crippen LogP contribution in [0.25, 0.3) is 0 Å². The van der Waals surface area contributed by atoms with Crippen LogP contribution in [0, 0.1) is 18.6 Å². The first-order chi connectivity index (χ1) is 9.99. The Bertz CT molecular complexity index is 570. The number of rotatable bonds is 2. The van der Waals surface area contributed by atoms with E-state index in [1.807, 2.05) is 0 Å². The normalized spacial score (nSPS) is 23.7. The molecule has 1 spiro atoms. The summed E-state index contributed by atoms with van der Waals surface area (Å²) in [6.07, 6.45) is 5.24. The van der Waals surface area contributed by atoms with E-state index in [1.54, 1.807) is 0 Å². The predicted molar refractivity (Wildman–Crippen MR) is 76.2 cm³/mol. The van der Waals surface area contributed by atoms with Gasteiger partial charge in [0.15, 0.2) is 0 Å². The number of benzene rings is 1. The largest absolute Gasteiger partial charge is 0.349 e. The second-order valence-electron chi connectivity index (χ2n) is 6.31. The van der Waals surface area contributed by atoms with Crippen LogP contribution in [0.2, 0.25) is 0 Å². The number of piperidine rings is 1. The molecule has 1 aromatic rings. The van der Waals surface area contributed by atoms with Crippen LogP contribution in [-0.2, 0) is 0 Å². The molecule has 0 radical (unpaired) electrons. The zero-order valence-corrected chi connectivity index (χ0v) is 12.1. The van der Waals surface area contributed by atoms with Crippen molar-refractivity contribution < 1.29 is 13.6 Å². The minimum Gasteiger partial charge on any atom is -0.349 e. The van der Waals surface area contributed by atoms with Crippen molar-refractivity contribution in [1.29, 1.82) is 0 Å². The highest BCUT2D eigenvalue weighted by molar-refractivity contribution is 5.94. The molecule has 1 heterocycles. The molecule has 1 saturated carbocycles. The number of hydrogen-bond donors (Lipinski definition) is 2. The number of carbonyl (C=O) groups excluding carboxylic acids is 1. The predicted octanol–water partition coefficient (Wildman–Crippen LogP) is 2.68. The van der Waals surface area contributed by atoms with Gasteiger partial charge < -0.3 is 10.6 Å². The first-order valence-corrected chi connectivity index (χ1v) is 7.51. The lowest BCUT2D eigenvalue weighted by Crippen LogP contribution is -2.59. The SMILES string of the molecule is Cc1cc(C(=O)NC2CCNC3(CCC3)C2)c(F)cc1F. The highest BCUT2D eigenvalue weighted by Gasteiger charge is 2.41. The molecule has 114 valence electrons. The molecular weight excluding hydrogens is 274 g/mol. The van der Waals surface area contributed by atoms with Crippen LogP contribution in [0.4, 0.5) is 8.78 Å². The van der Waals surface area contributed by atoms with E-state index in [0.29, 0.717) is 0 Å². The topological polar surface area (TPSA) is 41.1 Å². The van der Waals surface area contributed by atoms with Crippen LogP contribution in [0.1, 0.15) is 48.0 Å². The van der Waals surface area contributed by atoms with E-state index in [0.717, 1.165) is 38.3 Å². The first-order valence-electron chi connectivity index (χ1n) is 7.51. The average molecular weight is 294 g/mol. The lowest BCUT2D eigenvalue weighted by molar-refractivity contribution is 0.0849. The Balaban J connectivity index is 1.70. The Hall–Kier alpha value is -1.49. The summed E-state index contributed by atoms with van der Waals surface area (Å²) in [4.78, 5) is 12.2. The van der Waals surface area contributed by atoms with Crippen LogP contribution < -0.4 is 10.6 Å². The molecular formula is C16H20F2N2O. The Morgan fingerprint density at radius 1 is 1.33 bits per heavy atom. The molecule has 2 N–H and O–H groups in total. The van der Waals surface area contributed by atoms with E-state index < -0.39 is 17.5 Å². The fourth-order valence-corrected chi connectivity index (χ4v) is 3.36. The van der Waals surface area contributed by atoms with Crippen LogP contribution >= 0.6 is 0 Å². The van der Waals surface area contributed by atoms with Crippen LogP contribution in [0.3, 0.4) is 0 Å². The molecule has 2 aliphatic rings. The second-order valence-corrected chi connectivity index (χ2v) is 6.31. The van der Waals surface area contributed by atoms with Crippen molar-refractivity contribution in [2.24, 2.45) is 0 Å². The average Bonchev–Trinajstić information content (AvgIpc) is 2.41. The number of hydrogen-bond acceptors (Lipinski definition) is 2. The van der Waals surface area contributed by atoms with Gasteiger partial charge in [-0.25, -0.2) is 8.78 Å². The van der Waals surface area contributed by atoms with E-state index in [-0.39, 0.29) is 22.7 Å². The van der Waals surface area contributed by atoms with Crippen LogP contribution in [0.5, 0.6) is 0 Å². The van der Waals surface area contributed by atoms with E-state index in [2.05, 4.69) is 10.6 Å². The van der Waals surface area contributed by atoms with Crippen LogP contribution in [0.15, 0.2) is 12.1 Å². The monoisotopic (exact) mass is 294 g/mol. The summed E-state index contributed by atoms with van der Waals surface area (Å²) in [6, 6.07) is 2.11. The molecule has 1 unspecified atom stereocenters. The van der Waals surface area contributed by atoms with E-state index in [1.165, 1.54) is 19.4 Å². The molecule has 2 fully saturated rings. The fraction of sp³-hybridized carbons (Fsp3) is 0.562. The summed E-state index contributed by atoms with van der Waals surface area (Å²) in [5.74, 6) is -1.88. The maximum Gasteiger partial charge on any atom is 0.254 e. The summed E-state index contributed by atoms with van der Waals surface area (Å²) in [6.45, 7) is 2.40. The summed E-state index contributed by atoms with van der Waals surface area (Å²) in [7, 11) is 0. The van der Waals surface area contributed by atoms with Gasteiger partial charge in [0.1, 0.15) is 11.6 Å². The lowest BCUT2D eigenvalue weighted by atomic mass is 9.70. The van der Waals surface area contributed by atoms with Gasteiger partial charge in [0.25, 0.3) is 5.91 Å². The molecule has 3 rings (SSSR count). The third-order valence-corrected chi connectivity index (χ3v) is 4.77. The van der Waals surface area contributed by atoms with Crippen molar-refractivity contribution in [2.45, 2.75) is 50.6 Å². The maximum absolute atomic E-state index is 13.8. The molecule has 1 atom stereocenters. The van der Waals surface area contributed by atoms with E-state index in [9.17, 15) is 13.6 Å². The first kappa shape index (κ1) is 14.4. The van der Waals surface area contributed by atoms with Crippen molar-refractivity contribution in [1.82, 2.24) is 10.6 Å². The molecule has 5 heteroatoms. The summed E-state index contributed by atoms with van der Waals surface area (Å²) >= 11 is 0. The molecule has 1 aliphatic carbocycles. The number of amides is 1. The number of nitrogens with one attached hydrogen (secondary N) is 2. The van der Waals surface area contributed by atoms with Crippen molar-refractivity contribution >= 4 is 5.91 Å². The van der Waals surface area contributed by atoms with Crippen LogP contribution in [-0.4, -0.2) is 24.0 Å². The highest BCUT2D eigenvalue weighted by atomic mass is 19.1. The third kappa shape index (κ3) is 2.79. The van der Waals surface area contributed by atoms with E-state index >= 15 is 0 Å². The number of carbonyl (C=O) groups is 1. The van der Waals surface area contributed by atoms with Crippen molar-refractivity contribution in [3.63, 3.8) is 0 Å². The van der Waals surface area contributed by atoms with Gasteiger partial charge in [-0.3, -0.25) is 4.79 Å². The molecule has 21 heavy (non-hydrogen) atoms. The van der Waals surface area contributed by atoms with Gasteiger partial charge in [-0.1, -0.05) is 0 Å². The minimum atomic E-state index is -0.803. The van der Waals surface area contributed by atoms with Gasteiger partial charge in [0, 0.05) is 17.6 Å². The molecule has 0 bridgehead atoms. The Morgan fingerprint density at radius 3 is 2.76 bits per heavy atom. The summed E-state index contributed by atoms with van der Waals surface area (Å²) < 4.78 is 27.0. The summed E-state index contributed by atoms with van der Waals surface area (Å²) in [5, 5.41) is 6.43. The lowest BCUT2D eigenvalue weighted by Gasteiger charge is -2.48. The minimum absolute atomic E-state index is 0.0591. The Labute approximate surface area is 123 Å². The Morgan fingerprint density at radius 2 is 2.10 bits per heavy atom. The number of halogens is 2. The van der Waals surface area contributed by atoms with Gasteiger partial charge >= 0.3 is 0 Å². The molecule has 1 saturated heterocycles. The standard InChI is InChI=1S/C16H20F2N2O/c1-10-7-12(14(18)8-13(10)17)15(21)20-11-3-6-19-16(9-11)4-2-5-16/h7-8,11,19H,2-6,9H2,1H3,(H,20,21). The van der Waals surface area contributed by atoms with Crippen molar-refractivity contribution in [3.8, 4) is 0 Å². The summed E-state index contributed by atoms with van der Waals surface area (Å²) in [5.41, 5.74) is 0.380. The zero-order valence-electron chi connectivity index (χ0n) is 12.1. The second kappa shape index (κ2) is 5.37. The van der Waals surface area contributed by atoms with Crippen molar-refractivity contribution in [2.75, 3.05) is 6.54 Å². The maximum atomic E-state index is 13.8.